The topological polar surface area (TPSA) is 168 Å². The summed E-state index contributed by atoms with van der Waals surface area (Å²) in [6.07, 6.45) is 61.9. The average molecular weight is 1360 g/mol. The summed E-state index contributed by atoms with van der Waals surface area (Å²) in [5.74, 6) is -0.246. The van der Waals surface area contributed by atoms with Gasteiger partial charge in [-0.25, -0.2) is 0 Å². The van der Waals surface area contributed by atoms with Gasteiger partial charge >= 0.3 is 0 Å². The fourth-order valence-electron chi connectivity index (χ4n) is 15.1. The van der Waals surface area contributed by atoms with Crippen molar-refractivity contribution >= 4 is 11.8 Å². The van der Waals surface area contributed by atoms with Crippen LogP contribution < -0.4 is 0 Å². The zero-order chi connectivity index (χ0) is 70.2. The predicted octanol–water partition coefficient (Wildman–Crippen LogP) is 20.7. The van der Waals surface area contributed by atoms with Crippen LogP contribution >= 0.6 is 0 Å². The second-order valence-corrected chi connectivity index (χ2v) is 31.0. The van der Waals surface area contributed by atoms with Crippen LogP contribution in [0.2, 0.25) is 0 Å². The molecule has 8 unspecified atom stereocenters. The first-order valence-electron chi connectivity index (χ1n) is 43.0. The van der Waals surface area contributed by atoms with E-state index in [1.54, 1.807) is 9.80 Å². The lowest BCUT2D eigenvalue weighted by molar-refractivity contribution is -0.165. The van der Waals surface area contributed by atoms with Gasteiger partial charge in [-0.05, 0) is 90.1 Å². The minimum absolute atomic E-state index is 0.111. The molecule has 0 aromatic heterocycles. The summed E-state index contributed by atoms with van der Waals surface area (Å²) in [6, 6.07) is -1.52. The molecule has 0 aromatic rings. The second-order valence-electron chi connectivity index (χ2n) is 31.0. The Balaban J connectivity index is 3.50. The van der Waals surface area contributed by atoms with Crippen LogP contribution in [-0.4, -0.2) is 163 Å². The molecule has 0 bridgehead atoms. The maximum atomic E-state index is 15.5. The SMILES string of the molecule is CCCCCCCCCCC(O)CN(CCCCC1C(=O)N(CC(O)CCCCCCCCCC)C(CCCCN(CC(O)CCCCCCCCCC)CC(O)CCCCCCCCCC)C(=O)N1CC(O)CCCCCCCCCC)CC(O)CCCCCCCCCC. The summed E-state index contributed by atoms with van der Waals surface area (Å²) in [6.45, 7) is 17.1. The molecule has 96 heavy (non-hydrogen) atoms. The Hall–Kier alpha value is -1.38. The highest BCUT2D eigenvalue weighted by molar-refractivity contribution is 5.97. The number of hydrogen-bond donors (Lipinski definition) is 6. The maximum absolute atomic E-state index is 15.5. The zero-order valence-corrected chi connectivity index (χ0v) is 65.0. The largest absolute Gasteiger partial charge is 0.392 e. The number of piperazine rings is 1. The fraction of sp³-hybridized carbons (Fsp3) is 0.976. The Morgan fingerprint density at radius 3 is 0.625 bits per heavy atom. The molecule has 2 amide bonds. The Kier molecular flexibility index (Phi) is 65.7. The van der Waals surface area contributed by atoms with Gasteiger partial charge in [-0.2, -0.15) is 0 Å². The molecule has 1 rings (SSSR count). The third-order valence-corrected chi connectivity index (χ3v) is 21.3. The van der Waals surface area contributed by atoms with E-state index in [1.807, 2.05) is 0 Å². The van der Waals surface area contributed by atoms with Gasteiger partial charge in [-0.15, -0.1) is 0 Å². The van der Waals surface area contributed by atoms with Gasteiger partial charge in [0.2, 0.25) is 11.8 Å². The van der Waals surface area contributed by atoms with Crippen molar-refractivity contribution in [2.75, 3.05) is 52.4 Å². The first-order chi connectivity index (χ1) is 46.8. The second kappa shape index (κ2) is 68.1. The van der Waals surface area contributed by atoms with E-state index in [1.165, 1.54) is 218 Å². The van der Waals surface area contributed by atoms with Crippen LogP contribution in [0, 0.1) is 0 Å². The smallest absolute Gasteiger partial charge is 0.246 e. The summed E-state index contributed by atoms with van der Waals surface area (Å²) >= 11 is 0. The number of rotatable bonds is 76. The Bertz CT molecular complexity index is 1470. The summed E-state index contributed by atoms with van der Waals surface area (Å²) in [4.78, 5) is 39.0. The first-order valence-corrected chi connectivity index (χ1v) is 43.0. The number of aliphatic hydroxyl groups excluding tert-OH is 6. The molecular weight excluding hydrogens is 1190 g/mol. The van der Waals surface area contributed by atoms with Crippen LogP contribution in [0.15, 0.2) is 0 Å². The molecule has 0 aliphatic carbocycles. The van der Waals surface area contributed by atoms with Gasteiger partial charge in [0.15, 0.2) is 0 Å². The number of carbonyl (C=O) groups is 2. The molecule has 1 aliphatic heterocycles. The summed E-state index contributed by atoms with van der Waals surface area (Å²) in [7, 11) is 0. The molecule has 1 aliphatic rings. The Morgan fingerprint density at radius 2 is 0.427 bits per heavy atom. The van der Waals surface area contributed by atoms with E-state index in [0.29, 0.717) is 77.8 Å². The quantitative estimate of drug-likeness (QED) is 0.0323. The van der Waals surface area contributed by atoms with Crippen LogP contribution in [0.5, 0.6) is 0 Å². The van der Waals surface area contributed by atoms with E-state index in [-0.39, 0.29) is 24.9 Å². The molecule has 0 spiro atoms. The van der Waals surface area contributed by atoms with Gasteiger partial charge in [0.05, 0.1) is 36.6 Å². The van der Waals surface area contributed by atoms with Gasteiger partial charge < -0.3 is 40.4 Å². The van der Waals surface area contributed by atoms with E-state index in [4.69, 9.17) is 0 Å². The number of aliphatic hydroxyl groups is 6. The third-order valence-electron chi connectivity index (χ3n) is 21.3. The maximum Gasteiger partial charge on any atom is 0.246 e. The van der Waals surface area contributed by atoms with E-state index in [0.717, 1.165) is 128 Å². The van der Waals surface area contributed by atoms with Gasteiger partial charge in [0.25, 0.3) is 0 Å². The van der Waals surface area contributed by atoms with E-state index in [9.17, 15) is 30.6 Å². The number of hydrogen-bond acceptors (Lipinski definition) is 10. The zero-order valence-electron chi connectivity index (χ0n) is 65.0. The molecule has 0 radical (unpaired) electrons. The van der Waals surface area contributed by atoms with Gasteiger partial charge in [-0.1, -0.05) is 350 Å². The minimum Gasteiger partial charge on any atom is -0.392 e. The number of amides is 2. The fourth-order valence-corrected chi connectivity index (χ4v) is 15.1. The summed E-state index contributed by atoms with van der Waals surface area (Å²) < 4.78 is 0. The van der Waals surface area contributed by atoms with Crippen molar-refractivity contribution in [3.05, 3.63) is 0 Å². The highest BCUT2D eigenvalue weighted by Crippen LogP contribution is 2.29. The van der Waals surface area contributed by atoms with Gasteiger partial charge in [0, 0.05) is 39.3 Å². The normalized spacial score (nSPS) is 16.6. The lowest BCUT2D eigenvalue weighted by Crippen LogP contribution is -2.66. The molecular formula is C84H168N4O8. The van der Waals surface area contributed by atoms with Crippen molar-refractivity contribution in [1.29, 1.82) is 0 Å². The van der Waals surface area contributed by atoms with Crippen LogP contribution in [-0.2, 0) is 9.59 Å². The lowest BCUT2D eigenvalue weighted by Gasteiger charge is -2.46. The molecule has 0 aromatic carbocycles. The summed E-state index contributed by atoms with van der Waals surface area (Å²) in [5, 5.41) is 69.7. The molecule has 12 heteroatoms. The molecule has 1 fully saturated rings. The van der Waals surface area contributed by atoms with Gasteiger partial charge in [-0.3, -0.25) is 19.4 Å². The molecule has 1 heterocycles. The van der Waals surface area contributed by atoms with Crippen molar-refractivity contribution < 1.29 is 40.2 Å². The minimum atomic E-state index is -0.758. The molecule has 0 saturated carbocycles. The molecule has 8 atom stereocenters. The van der Waals surface area contributed by atoms with Crippen molar-refractivity contribution in [3.8, 4) is 0 Å². The van der Waals surface area contributed by atoms with E-state index < -0.39 is 48.7 Å². The Labute approximate surface area is 596 Å². The van der Waals surface area contributed by atoms with Crippen molar-refractivity contribution in [2.24, 2.45) is 0 Å². The highest BCUT2D eigenvalue weighted by atomic mass is 16.3. The van der Waals surface area contributed by atoms with E-state index in [2.05, 4.69) is 51.3 Å². The highest BCUT2D eigenvalue weighted by Gasteiger charge is 2.46. The van der Waals surface area contributed by atoms with Crippen molar-refractivity contribution in [3.63, 3.8) is 0 Å². The third kappa shape index (κ3) is 53.4. The van der Waals surface area contributed by atoms with Gasteiger partial charge in [0.1, 0.15) is 12.1 Å². The number of unbranched alkanes of at least 4 members (excludes halogenated alkanes) is 44. The van der Waals surface area contributed by atoms with E-state index >= 15 is 9.59 Å². The number of nitrogens with zero attached hydrogens (tertiary/aromatic N) is 4. The van der Waals surface area contributed by atoms with Crippen molar-refractivity contribution in [1.82, 2.24) is 19.6 Å². The van der Waals surface area contributed by atoms with Crippen LogP contribution in [0.25, 0.3) is 0 Å². The number of carbonyl (C=O) groups excluding carboxylic acids is 2. The van der Waals surface area contributed by atoms with Crippen LogP contribution in [0.3, 0.4) is 0 Å². The average Bonchev–Trinajstić information content (AvgIpc) is 0.779. The molecule has 572 valence electrons. The van der Waals surface area contributed by atoms with Crippen LogP contribution in [0.4, 0.5) is 0 Å². The standard InChI is InChI=1S/C84H168N4O8/c1-7-13-19-25-31-37-43-49-59-75(89)69-85(70-76(90)60-50-44-38-32-26-20-14-8-2)67-57-55-65-81-83(95)88(74-80(94)64-54-48-42-36-30-24-18-12-6)82(84(96)87(81)73-79(93)63-53-47-41-35-29-23-17-11-5)66-56-58-68-86(71-77(91)61-51-45-39-33-27-21-15-9-3)72-78(92)62-52-46-40-34-28-22-16-10-4/h75-82,89-94H,7-74H2,1-6H3. The lowest BCUT2D eigenvalue weighted by atomic mass is 9.94. The molecule has 1 saturated heterocycles. The van der Waals surface area contributed by atoms with Crippen molar-refractivity contribution in [2.45, 2.75) is 475 Å². The predicted molar refractivity (Wildman–Crippen MR) is 411 cm³/mol. The Morgan fingerprint density at radius 1 is 0.250 bits per heavy atom. The van der Waals surface area contributed by atoms with Crippen LogP contribution in [0.1, 0.15) is 427 Å². The molecule has 6 N–H and O–H groups in total. The monoisotopic (exact) mass is 1360 g/mol. The summed E-state index contributed by atoms with van der Waals surface area (Å²) in [5.41, 5.74) is 0. The number of β-amino-alcohol motifs (C(OH)–C–C–N with tert-alkyl or cyclic N) is 2. The molecule has 12 nitrogen and oxygen atoms in total. The first kappa shape index (κ1) is 92.6.